The van der Waals surface area contributed by atoms with E-state index in [-0.39, 0.29) is 19.4 Å². The summed E-state index contributed by atoms with van der Waals surface area (Å²) in [6.07, 6.45) is 39.9. The van der Waals surface area contributed by atoms with Crippen molar-refractivity contribution in [2.75, 3.05) is 19.8 Å². The van der Waals surface area contributed by atoms with Gasteiger partial charge in [-0.05, 0) is 38.5 Å². The molecule has 0 radical (unpaired) electrons. The minimum Gasteiger partial charge on any atom is -0.480 e. The Hall–Kier alpha value is -1.78. The second-order valence-electron chi connectivity index (χ2n) is 15.5. The largest absolute Gasteiger partial charge is 0.480 e. The van der Waals surface area contributed by atoms with E-state index in [9.17, 15) is 23.8 Å². The van der Waals surface area contributed by atoms with Gasteiger partial charge in [-0.25, -0.2) is 4.57 Å². The predicted octanol–water partition coefficient (Wildman–Crippen LogP) is 12.1. The van der Waals surface area contributed by atoms with E-state index < -0.39 is 51.1 Å². The molecule has 0 aromatic heterocycles. The SMILES string of the molecule is CCCCCCC/C=C\CCCCCCCC(=O)OC(COC(=O)CCCCCCCCCCCCCCCCCCCC)COP(=O)(O)OCC(N)C(=O)O. The maximum absolute atomic E-state index is 12.6. The molecule has 0 aromatic rings. The molecule has 0 saturated heterocycles. The van der Waals surface area contributed by atoms with Crippen molar-refractivity contribution in [2.24, 2.45) is 5.73 Å². The number of carbonyl (C=O) groups excluding carboxylic acids is 2. The number of nitrogens with two attached hydrogens (primary N) is 1. The van der Waals surface area contributed by atoms with Crippen LogP contribution in [0.1, 0.15) is 219 Å². The summed E-state index contributed by atoms with van der Waals surface area (Å²) in [5.41, 5.74) is 5.33. The van der Waals surface area contributed by atoms with Crippen molar-refractivity contribution < 1.29 is 47.5 Å². The van der Waals surface area contributed by atoms with Crippen LogP contribution in [0.25, 0.3) is 0 Å². The van der Waals surface area contributed by atoms with Crippen LogP contribution in [-0.4, -0.2) is 59.9 Å². The number of esters is 2. The molecule has 0 saturated carbocycles. The molecule has 0 aromatic carbocycles. The van der Waals surface area contributed by atoms with E-state index in [4.69, 9.17) is 24.8 Å². The van der Waals surface area contributed by atoms with E-state index >= 15 is 0 Å². The van der Waals surface area contributed by atoms with Crippen LogP contribution in [0.5, 0.6) is 0 Å². The van der Waals surface area contributed by atoms with Crippen molar-refractivity contribution >= 4 is 25.7 Å². The standard InChI is InChI=1S/C44H84NO10P/c1-3-5-7-9-11-13-15-17-19-20-21-22-24-25-27-29-31-33-35-42(46)52-37-40(38-53-56(50,51)54-39-41(45)44(48)49)55-43(47)36-34-32-30-28-26-23-18-16-14-12-10-8-6-4-2/h16,18,40-41H,3-15,17,19-39,45H2,1-2H3,(H,48,49)(H,50,51)/b18-16-. The molecule has 0 rings (SSSR count). The molecule has 0 aliphatic heterocycles. The van der Waals surface area contributed by atoms with Crippen LogP contribution in [0.2, 0.25) is 0 Å². The highest BCUT2D eigenvalue weighted by atomic mass is 31.2. The molecular weight excluding hydrogens is 733 g/mol. The number of carboxylic acid groups (broad SMARTS) is 1. The van der Waals surface area contributed by atoms with Crippen LogP contribution >= 0.6 is 7.82 Å². The summed E-state index contributed by atoms with van der Waals surface area (Å²) in [5, 5.41) is 8.89. The summed E-state index contributed by atoms with van der Waals surface area (Å²) in [5.74, 6) is -2.37. The van der Waals surface area contributed by atoms with Crippen molar-refractivity contribution in [2.45, 2.75) is 231 Å². The van der Waals surface area contributed by atoms with Gasteiger partial charge in [0.05, 0.1) is 13.2 Å². The summed E-state index contributed by atoms with van der Waals surface area (Å²) in [4.78, 5) is 46.0. The highest BCUT2D eigenvalue weighted by Gasteiger charge is 2.28. The van der Waals surface area contributed by atoms with Gasteiger partial charge < -0.3 is 25.2 Å². The van der Waals surface area contributed by atoms with Gasteiger partial charge in [-0.15, -0.1) is 0 Å². The van der Waals surface area contributed by atoms with Gasteiger partial charge in [0.15, 0.2) is 6.10 Å². The van der Waals surface area contributed by atoms with Crippen LogP contribution in [0, 0.1) is 0 Å². The zero-order valence-corrected chi connectivity index (χ0v) is 36.6. The number of phosphoric acid groups is 1. The lowest BCUT2D eigenvalue weighted by Crippen LogP contribution is -2.34. The van der Waals surface area contributed by atoms with E-state index in [1.165, 1.54) is 122 Å². The molecule has 0 spiro atoms. The van der Waals surface area contributed by atoms with E-state index in [0.29, 0.717) is 12.8 Å². The maximum Gasteiger partial charge on any atom is 0.472 e. The van der Waals surface area contributed by atoms with Crippen LogP contribution in [0.15, 0.2) is 12.2 Å². The molecule has 11 nitrogen and oxygen atoms in total. The Morgan fingerprint density at radius 2 is 0.893 bits per heavy atom. The summed E-state index contributed by atoms with van der Waals surface area (Å²) in [6, 6.07) is -1.52. The fourth-order valence-corrected chi connectivity index (χ4v) is 7.19. The molecule has 4 N–H and O–H groups in total. The van der Waals surface area contributed by atoms with Gasteiger partial charge in [-0.1, -0.05) is 180 Å². The lowest BCUT2D eigenvalue weighted by molar-refractivity contribution is -0.161. The molecule has 56 heavy (non-hydrogen) atoms. The van der Waals surface area contributed by atoms with Gasteiger partial charge in [0.1, 0.15) is 12.6 Å². The van der Waals surface area contributed by atoms with Crippen molar-refractivity contribution in [3.05, 3.63) is 12.2 Å². The van der Waals surface area contributed by atoms with Crippen LogP contribution in [-0.2, 0) is 37.5 Å². The topological polar surface area (TPSA) is 172 Å². The number of carbonyl (C=O) groups is 3. The number of hydrogen-bond acceptors (Lipinski definition) is 9. The number of rotatable bonds is 43. The first-order valence-corrected chi connectivity index (χ1v) is 24.2. The summed E-state index contributed by atoms with van der Waals surface area (Å²) < 4.78 is 32.7. The number of phosphoric ester groups is 1. The fourth-order valence-electron chi connectivity index (χ4n) is 6.41. The van der Waals surface area contributed by atoms with E-state index in [0.717, 1.165) is 57.8 Å². The Labute approximate surface area is 341 Å². The van der Waals surface area contributed by atoms with Crippen molar-refractivity contribution in [3.63, 3.8) is 0 Å². The second kappa shape index (κ2) is 40.0. The number of carboxylic acids is 1. The lowest BCUT2D eigenvalue weighted by Gasteiger charge is -2.20. The van der Waals surface area contributed by atoms with Gasteiger partial charge in [0.25, 0.3) is 0 Å². The summed E-state index contributed by atoms with van der Waals surface area (Å²) >= 11 is 0. The Bertz CT molecular complexity index is 1010. The molecule has 12 heteroatoms. The monoisotopic (exact) mass is 818 g/mol. The first kappa shape index (κ1) is 54.2. The third kappa shape index (κ3) is 39.1. The molecular formula is C44H84NO10P. The highest BCUT2D eigenvalue weighted by molar-refractivity contribution is 7.47. The van der Waals surface area contributed by atoms with Gasteiger partial charge >= 0.3 is 25.7 Å². The molecule has 3 atom stereocenters. The van der Waals surface area contributed by atoms with E-state index in [2.05, 4.69) is 30.5 Å². The maximum atomic E-state index is 12.6. The highest BCUT2D eigenvalue weighted by Crippen LogP contribution is 2.43. The average molecular weight is 818 g/mol. The zero-order valence-electron chi connectivity index (χ0n) is 35.7. The number of ether oxygens (including phenoxy) is 2. The minimum absolute atomic E-state index is 0.155. The Morgan fingerprint density at radius 1 is 0.536 bits per heavy atom. The molecule has 0 heterocycles. The number of hydrogen-bond donors (Lipinski definition) is 3. The fraction of sp³-hybridized carbons (Fsp3) is 0.886. The number of aliphatic carboxylic acids is 1. The van der Waals surface area contributed by atoms with Crippen molar-refractivity contribution in [1.82, 2.24) is 0 Å². The van der Waals surface area contributed by atoms with Crippen LogP contribution in [0.4, 0.5) is 0 Å². The van der Waals surface area contributed by atoms with Gasteiger partial charge in [-0.2, -0.15) is 0 Å². The van der Waals surface area contributed by atoms with Crippen molar-refractivity contribution in [1.29, 1.82) is 0 Å². The Balaban J connectivity index is 4.29. The van der Waals surface area contributed by atoms with Crippen LogP contribution in [0.3, 0.4) is 0 Å². The second-order valence-corrected chi connectivity index (χ2v) is 17.0. The van der Waals surface area contributed by atoms with Gasteiger partial charge in [-0.3, -0.25) is 23.4 Å². The van der Waals surface area contributed by atoms with Crippen LogP contribution < -0.4 is 5.73 Å². The minimum atomic E-state index is -4.71. The van der Waals surface area contributed by atoms with Gasteiger partial charge in [0.2, 0.25) is 0 Å². The third-order valence-corrected chi connectivity index (χ3v) is 11.0. The van der Waals surface area contributed by atoms with E-state index in [1.807, 2.05) is 0 Å². The summed E-state index contributed by atoms with van der Waals surface area (Å²) in [7, 11) is -4.71. The zero-order chi connectivity index (χ0) is 41.4. The quantitative estimate of drug-likeness (QED) is 0.0231. The van der Waals surface area contributed by atoms with Gasteiger partial charge in [0, 0.05) is 12.8 Å². The van der Waals surface area contributed by atoms with E-state index in [1.54, 1.807) is 0 Å². The molecule has 3 unspecified atom stereocenters. The first-order chi connectivity index (χ1) is 27.1. The third-order valence-electron chi connectivity index (χ3n) is 10.0. The first-order valence-electron chi connectivity index (χ1n) is 22.7. The number of allylic oxidation sites excluding steroid dienone is 2. The molecule has 0 aliphatic carbocycles. The molecule has 0 fully saturated rings. The average Bonchev–Trinajstić information content (AvgIpc) is 3.17. The normalized spacial score (nSPS) is 13.8. The molecule has 330 valence electrons. The smallest absolute Gasteiger partial charge is 0.472 e. The molecule has 0 aliphatic rings. The lowest BCUT2D eigenvalue weighted by atomic mass is 10.0. The predicted molar refractivity (Wildman–Crippen MR) is 226 cm³/mol. The Kier molecular flexibility index (Phi) is 38.7. The van der Waals surface area contributed by atoms with Crippen molar-refractivity contribution in [3.8, 4) is 0 Å². The number of unbranched alkanes of at least 4 members (excludes halogenated alkanes) is 27. The molecule has 0 amide bonds. The Morgan fingerprint density at radius 3 is 1.30 bits per heavy atom. The molecule has 0 bridgehead atoms. The summed E-state index contributed by atoms with van der Waals surface area (Å²) in [6.45, 7) is 2.81.